The van der Waals surface area contributed by atoms with Gasteiger partial charge < -0.3 is 18.7 Å². The molecule has 0 atom stereocenters. The van der Waals surface area contributed by atoms with Crippen molar-refractivity contribution in [2.45, 2.75) is 20.0 Å². The van der Waals surface area contributed by atoms with Crippen LogP contribution in [-0.2, 0) is 13.1 Å². The number of hydrogen-bond donors (Lipinski definition) is 1. The summed E-state index contributed by atoms with van der Waals surface area (Å²) in [5, 5.41) is 3.81. The third-order valence-electron chi connectivity index (χ3n) is 4.16. The standard InChI is InChI=1S/C20H18N2O3/c1-14-4-2-5-15(10-14)13-22-18(11-16-7-9-25-20(16)22)19(23)21-12-17-6-3-8-24-17/h2-11H,12-13H2,1H3,(H,21,23). The van der Waals surface area contributed by atoms with Crippen molar-refractivity contribution in [1.29, 1.82) is 0 Å². The first-order chi connectivity index (χ1) is 12.2. The minimum Gasteiger partial charge on any atom is -0.467 e. The molecule has 5 heteroatoms. The number of aromatic nitrogens is 1. The molecule has 3 aromatic heterocycles. The number of benzene rings is 1. The van der Waals surface area contributed by atoms with Crippen molar-refractivity contribution in [2.24, 2.45) is 0 Å². The molecule has 126 valence electrons. The summed E-state index contributed by atoms with van der Waals surface area (Å²) in [7, 11) is 0. The van der Waals surface area contributed by atoms with Gasteiger partial charge in [0.25, 0.3) is 5.91 Å². The molecule has 0 aliphatic heterocycles. The molecule has 0 fully saturated rings. The zero-order chi connectivity index (χ0) is 17.2. The first-order valence-corrected chi connectivity index (χ1v) is 8.13. The minimum absolute atomic E-state index is 0.157. The van der Waals surface area contributed by atoms with Crippen LogP contribution < -0.4 is 5.32 Å². The molecule has 0 spiro atoms. The number of fused-ring (bicyclic) bond motifs is 1. The van der Waals surface area contributed by atoms with Crippen molar-refractivity contribution in [1.82, 2.24) is 9.88 Å². The Hall–Kier alpha value is -3.21. The summed E-state index contributed by atoms with van der Waals surface area (Å²) in [5.41, 5.74) is 3.57. The molecular formula is C20H18N2O3. The average Bonchev–Trinajstić information content (AvgIpc) is 3.31. The summed E-state index contributed by atoms with van der Waals surface area (Å²) in [4.78, 5) is 12.7. The summed E-state index contributed by atoms with van der Waals surface area (Å²) in [6, 6.07) is 15.6. The van der Waals surface area contributed by atoms with Gasteiger partial charge >= 0.3 is 0 Å². The summed E-state index contributed by atoms with van der Waals surface area (Å²) in [6.07, 6.45) is 3.23. The highest BCUT2D eigenvalue weighted by atomic mass is 16.3. The van der Waals surface area contributed by atoms with Crippen LogP contribution in [0.1, 0.15) is 27.4 Å². The third kappa shape index (κ3) is 3.08. The van der Waals surface area contributed by atoms with Crippen LogP contribution in [0.2, 0.25) is 0 Å². The Bertz CT molecular complexity index is 1010. The molecule has 1 aromatic carbocycles. The third-order valence-corrected chi connectivity index (χ3v) is 4.16. The first-order valence-electron chi connectivity index (χ1n) is 8.13. The van der Waals surface area contributed by atoms with Crippen LogP contribution in [0.25, 0.3) is 11.1 Å². The summed E-state index contributed by atoms with van der Waals surface area (Å²) in [5.74, 6) is 0.560. The molecule has 5 nitrogen and oxygen atoms in total. The van der Waals surface area contributed by atoms with Gasteiger partial charge in [-0.2, -0.15) is 0 Å². The van der Waals surface area contributed by atoms with Crippen molar-refractivity contribution in [3.63, 3.8) is 0 Å². The molecule has 1 amide bonds. The lowest BCUT2D eigenvalue weighted by Gasteiger charge is -2.10. The second-order valence-corrected chi connectivity index (χ2v) is 6.05. The van der Waals surface area contributed by atoms with Gasteiger partial charge in [-0.15, -0.1) is 0 Å². The van der Waals surface area contributed by atoms with E-state index in [9.17, 15) is 4.79 Å². The predicted molar refractivity (Wildman–Crippen MR) is 94.4 cm³/mol. The van der Waals surface area contributed by atoms with Gasteiger partial charge in [0.05, 0.1) is 25.6 Å². The van der Waals surface area contributed by atoms with E-state index in [0.29, 0.717) is 30.3 Å². The van der Waals surface area contributed by atoms with E-state index in [1.165, 1.54) is 5.56 Å². The van der Waals surface area contributed by atoms with Crippen molar-refractivity contribution in [3.8, 4) is 0 Å². The molecule has 0 aliphatic rings. The van der Waals surface area contributed by atoms with Crippen molar-refractivity contribution >= 4 is 17.0 Å². The highest BCUT2D eigenvalue weighted by Crippen LogP contribution is 2.23. The molecule has 0 aliphatic carbocycles. The Labute approximate surface area is 144 Å². The van der Waals surface area contributed by atoms with E-state index >= 15 is 0 Å². The largest absolute Gasteiger partial charge is 0.467 e. The summed E-state index contributed by atoms with van der Waals surface area (Å²) < 4.78 is 12.8. The van der Waals surface area contributed by atoms with Gasteiger partial charge in [0.2, 0.25) is 5.71 Å². The second-order valence-electron chi connectivity index (χ2n) is 6.05. The van der Waals surface area contributed by atoms with E-state index in [2.05, 4.69) is 24.4 Å². The number of carbonyl (C=O) groups excluding carboxylic acids is 1. The van der Waals surface area contributed by atoms with E-state index in [1.807, 2.05) is 34.9 Å². The SMILES string of the molecule is Cc1cccc(Cn2c(C(=O)NCc3ccco3)cc3ccoc32)c1. The number of furan rings is 2. The molecule has 1 N–H and O–H groups in total. The summed E-state index contributed by atoms with van der Waals surface area (Å²) in [6.45, 7) is 2.98. The minimum atomic E-state index is -0.157. The van der Waals surface area contributed by atoms with Crippen LogP contribution in [0.5, 0.6) is 0 Å². The van der Waals surface area contributed by atoms with Crippen LogP contribution >= 0.6 is 0 Å². The van der Waals surface area contributed by atoms with Crippen LogP contribution in [0.3, 0.4) is 0 Å². The quantitative estimate of drug-likeness (QED) is 0.597. The predicted octanol–water partition coefficient (Wildman–Crippen LogP) is 4.11. The molecule has 0 radical (unpaired) electrons. The van der Waals surface area contributed by atoms with Gasteiger partial charge in [-0.3, -0.25) is 4.79 Å². The topological polar surface area (TPSA) is 60.3 Å². The van der Waals surface area contributed by atoms with Gasteiger partial charge in [-0.05, 0) is 36.8 Å². The zero-order valence-electron chi connectivity index (χ0n) is 13.9. The lowest BCUT2D eigenvalue weighted by Crippen LogP contribution is -2.25. The highest BCUT2D eigenvalue weighted by molar-refractivity contribution is 5.97. The van der Waals surface area contributed by atoms with Gasteiger partial charge in [0, 0.05) is 5.39 Å². The molecule has 0 saturated heterocycles. The van der Waals surface area contributed by atoms with E-state index < -0.39 is 0 Å². The van der Waals surface area contributed by atoms with Gasteiger partial charge in [0.15, 0.2) is 0 Å². The fourth-order valence-corrected chi connectivity index (χ4v) is 2.98. The van der Waals surface area contributed by atoms with Crippen LogP contribution in [0.4, 0.5) is 0 Å². The molecule has 3 heterocycles. The molecule has 25 heavy (non-hydrogen) atoms. The lowest BCUT2D eigenvalue weighted by molar-refractivity contribution is 0.0939. The Morgan fingerprint density at radius 2 is 2.00 bits per heavy atom. The molecule has 0 unspecified atom stereocenters. The fourth-order valence-electron chi connectivity index (χ4n) is 2.98. The van der Waals surface area contributed by atoms with Gasteiger partial charge in [-0.25, -0.2) is 0 Å². The van der Waals surface area contributed by atoms with Crippen LogP contribution in [0, 0.1) is 6.92 Å². The normalized spacial score (nSPS) is 11.1. The maximum Gasteiger partial charge on any atom is 0.268 e. The van der Waals surface area contributed by atoms with Crippen LogP contribution in [-0.4, -0.2) is 10.5 Å². The van der Waals surface area contributed by atoms with Crippen molar-refractivity contribution in [2.75, 3.05) is 0 Å². The number of hydrogen-bond acceptors (Lipinski definition) is 3. The number of aryl methyl sites for hydroxylation is 1. The number of rotatable bonds is 5. The Morgan fingerprint density at radius 3 is 2.80 bits per heavy atom. The highest BCUT2D eigenvalue weighted by Gasteiger charge is 2.18. The van der Waals surface area contributed by atoms with Crippen LogP contribution in [0.15, 0.2) is 69.9 Å². The second kappa shape index (κ2) is 6.36. The van der Waals surface area contributed by atoms with E-state index in [1.54, 1.807) is 18.6 Å². The monoisotopic (exact) mass is 334 g/mol. The Balaban J connectivity index is 1.64. The van der Waals surface area contributed by atoms with E-state index in [-0.39, 0.29) is 5.91 Å². The molecular weight excluding hydrogens is 316 g/mol. The molecule has 4 aromatic rings. The maximum atomic E-state index is 12.7. The number of amides is 1. The Morgan fingerprint density at radius 1 is 1.08 bits per heavy atom. The number of carbonyl (C=O) groups is 1. The van der Waals surface area contributed by atoms with E-state index in [4.69, 9.17) is 8.83 Å². The lowest BCUT2D eigenvalue weighted by atomic mass is 10.1. The summed E-state index contributed by atoms with van der Waals surface area (Å²) >= 11 is 0. The zero-order valence-corrected chi connectivity index (χ0v) is 13.9. The molecule has 0 bridgehead atoms. The number of nitrogens with zero attached hydrogens (tertiary/aromatic N) is 1. The molecule has 0 saturated carbocycles. The van der Waals surface area contributed by atoms with Gasteiger partial charge in [0.1, 0.15) is 11.5 Å². The number of nitrogens with one attached hydrogen (secondary N) is 1. The smallest absolute Gasteiger partial charge is 0.268 e. The van der Waals surface area contributed by atoms with Crippen molar-refractivity contribution < 1.29 is 13.6 Å². The molecule has 4 rings (SSSR count). The Kier molecular flexibility index (Phi) is 3.90. The average molecular weight is 334 g/mol. The maximum absolute atomic E-state index is 12.7. The van der Waals surface area contributed by atoms with Crippen molar-refractivity contribution in [3.05, 3.63) is 83.6 Å². The van der Waals surface area contributed by atoms with E-state index in [0.717, 1.165) is 10.9 Å². The first kappa shape index (κ1) is 15.3. The fraction of sp³-hybridized carbons (Fsp3) is 0.150. The van der Waals surface area contributed by atoms with Gasteiger partial charge in [-0.1, -0.05) is 29.8 Å².